The number of hydrogen-bond donors (Lipinski definition) is 3. The Bertz CT molecular complexity index is 507. The first kappa shape index (κ1) is 20.9. The second-order valence-electron chi connectivity index (χ2n) is 5.05. The predicted molar refractivity (Wildman–Crippen MR) is 84.1 cm³/mol. The molecule has 23 heavy (non-hydrogen) atoms. The van der Waals surface area contributed by atoms with Crippen LogP contribution in [0.15, 0.2) is 34.3 Å². The second kappa shape index (κ2) is 11.4. The van der Waals surface area contributed by atoms with Crippen LogP contribution in [0.4, 0.5) is 0 Å². The highest BCUT2D eigenvalue weighted by atomic mass is 16.3. The molecule has 0 amide bonds. The fourth-order valence-electron chi connectivity index (χ4n) is 1.50. The summed E-state index contributed by atoms with van der Waals surface area (Å²) in [5, 5.41) is 26.0. The fourth-order valence-corrected chi connectivity index (χ4v) is 1.50. The highest BCUT2D eigenvalue weighted by molar-refractivity contribution is 5.39. The van der Waals surface area contributed by atoms with Crippen LogP contribution in [0.5, 0.6) is 0 Å². The summed E-state index contributed by atoms with van der Waals surface area (Å²) >= 11 is 0. The Morgan fingerprint density at radius 1 is 1.00 bits per heavy atom. The molecule has 0 unspecified atom stereocenters. The van der Waals surface area contributed by atoms with Crippen LogP contribution in [0.3, 0.4) is 0 Å². The van der Waals surface area contributed by atoms with Crippen molar-refractivity contribution in [1.82, 2.24) is 0 Å². The van der Waals surface area contributed by atoms with Gasteiger partial charge >= 0.3 is 0 Å². The monoisotopic (exact) mass is 322 g/mol. The molecule has 0 heterocycles. The van der Waals surface area contributed by atoms with Crippen molar-refractivity contribution < 1.29 is 24.9 Å². The number of hydrogen-bond acceptors (Lipinski definition) is 7. The molecule has 0 aromatic heterocycles. The Morgan fingerprint density at radius 3 is 1.70 bits per heavy atom. The Balaban J connectivity index is 0.000000468. The molecule has 0 aliphatic rings. The third-order valence-electron chi connectivity index (χ3n) is 3.48. The quantitative estimate of drug-likeness (QED) is 0.511. The summed E-state index contributed by atoms with van der Waals surface area (Å²) in [6.07, 6.45) is 2.52. The van der Waals surface area contributed by atoms with Crippen molar-refractivity contribution in [2.24, 2.45) is 15.4 Å². The van der Waals surface area contributed by atoms with Gasteiger partial charge in [0.1, 0.15) is 0 Å². The molecule has 1 rings (SSSR count). The maximum atomic E-state index is 10.0. The van der Waals surface area contributed by atoms with Gasteiger partial charge in [-0.2, -0.15) is 9.98 Å². The Hall–Kier alpha value is -2.14. The van der Waals surface area contributed by atoms with Crippen LogP contribution in [-0.4, -0.2) is 47.3 Å². The molecule has 0 fully saturated rings. The van der Waals surface area contributed by atoms with E-state index in [1.807, 2.05) is 26.0 Å². The number of rotatable bonds is 7. The first-order chi connectivity index (χ1) is 11.0. The van der Waals surface area contributed by atoms with E-state index in [9.17, 15) is 9.59 Å². The predicted octanol–water partition coefficient (Wildman–Crippen LogP) is 1.02. The van der Waals surface area contributed by atoms with Gasteiger partial charge in [0.05, 0.1) is 19.8 Å². The van der Waals surface area contributed by atoms with E-state index in [0.29, 0.717) is 12.0 Å². The molecule has 0 bridgehead atoms. The van der Waals surface area contributed by atoms with Gasteiger partial charge in [0.25, 0.3) is 0 Å². The average molecular weight is 322 g/mol. The molecule has 0 saturated heterocycles. The largest absolute Gasteiger partial charge is 0.396 e. The molecule has 0 radical (unpaired) electrons. The van der Waals surface area contributed by atoms with Crippen LogP contribution in [0.2, 0.25) is 0 Å². The van der Waals surface area contributed by atoms with Crippen LogP contribution >= 0.6 is 0 Å². The number of nitrogens with zero attached hydrogens (tertiary/aromatic N) is 2. The molecule has 7 heteroatoms. The minimum atomic E-state index is -0.814. The zero-order valence-corrected chi connectivity index (χ0v) is 13.3. The average Bonchev–Trinajstić information content (AvgIpc) is 2.59. The minimum Gasteiger partial charge on any atom is -0.396 e. The number of isocyanates is 2. The van der Waals surface area contributed by atoms with Crippen LogP contribution in [0.1, 0.15) is 30.6 Å². The van der Waals surface area contributed by atoms with Gasteiger partial charge in [-0.15, -0.1) is 0 Å². The molecule has 0 aliphatic heterocycles. The highest BCUT2D eigenvalue weighted by Gasteiger charge is 2.24. The molecule has 0 aliphatic carbocycles. The summed E-state index contributed by atoms with van der Waals surface area (Å²) in [5.41, 5.74) is 1.08. The van der Waals surface area contributed by atoms with Gasteiger partial charge in [0.2, 0.25) is 12.2 Å². The van der Waals surface area contributed by atoms with Gasteiger partial charge in [-0.1, -0.05) is 36.8 Å². The summed E-state index contributed by atoms with van der Waals surface area (Å²) in [6, 6.07) is 7.20. The SMILES string of the molecule is CCC(CO)(CO)CO.Cc1ccc(C(N=C=O)N=C=O)cc1. The molecule has 7 nitrogen and oxygen atoms in total. The molecule has 126 valence electrons. The lowest BCUT2D eigenvalue weighted by atomic mass is 9.88. The van der Waals surface area contributed by atoms with E-state index in [-0.39, 0.29) is 19.8 Å². The molecule has 1 aromatic carbocycles. The summed E-state index contributed by atoms with van der Waals surface area (Å²) in [7, 11) is 0. The molecular weight excluding hydrogens is 300 g/mol. The normalized spacial score (nSPS) is 11.3. The van der Waals surface area contributed by atoms with E-state index >= 15 is 0 Å². The summed E-state index contributed by atoms with van der Waals surface area (Å²) in [6.45, 7) is 3.29. The van der Waals surface area contributed by atoms with Crippen LogP contribution in [0, 0.1) is 12.3 Å². The van der Waals surface area contributed by atoms with E-state index in [1.165, 1.54) is 12.2 Å². The zero-order valence-electron chi connectivity index (χ0n) is 13.3. The third kappa shape index (κ3) is 7.10. The number of aliphatic hydroxyl groups is 3. The molecule has 3 N–H and O–H groups in total. The first-order valence-electron chi connectivity index (χ1n) is 7.05. The summed E-state index contributed by atoms with van der Waals surface area (Å²) in [5.74, 6) is 0. The Labute approximate surface area is 135 Å². The molecule has 0 saturated carbocycles. The standard InChI is InChI=1S/C10H8N2O2.C6H14O3/c1-8-2-4-9(5-3-8)10(11-6-13)12-7-14;1-2-6(3-7,4-8)5-9/h2-5,10H,1H3;7-9H,2-5H2,1H3. The van der Waals surface area contributed by atoms with Gasteiger partial charge in [-0.05, 0) is 18.9 Å². The number of aliphatic hydroxyl groups excluding tert-OH is 3. The molecular formula is C16H22N2O5. The van der Waals surface area contributed by atoms with Crippen molar-refractivity contribution in [3.8, 4) is 0 Å². The van der Waals surface area contributed by atoms with Crippen LogP contribution < -0.4 is 0 Å². The second-order valence-corrected chi connectivity index (χ2v) is 5.05. The van der Waals surface area contributed by atoms with Gasteiger partial charge < -0.3 is 15.3 Å². The van der Waals surface area contributed by atoms with Crippen molar-refractivity contribution in [2.75, 3.05) is 19.8 Å². The zero-order chi connectivity index (χ0) is 17.7. The Morgan fingerprint density at radius 2 is 1.43 bits per heavy atom. The van der Waals surface area contributed by atoms with E-state index in [0.717, 1.165) is 5.56 Å². The number of carbonyl (C=O) groups excluding carboxylic acids is 2. The number of aliphatic imine (C=N–C) groups is 2. The highest BCUT2D eigenvalue weighted by Crippen LogP contribution is 2.18. The molecule has 0 atom stereocenters. The summed E-state index contributed by atoms with van der Waals surface area (Å²) < 4.78 is 0. The Kier molecular flexibility index (Phi) is 10.4. The lowest BCUT2D eigenvalue weighted by molar-refractivity contribution is 0.00304. The van der Waals surface area contributed by atoms with Crippen molar-refractivity contribution in [3.05, 3.63) is 35.4 Å². The van der Waals surface area contributed by atoms with E-state index in [4.69, 9.17) is 15.3 Å². The van der Waals surface area contributed by atoms with Crippen LogP contribution in [0.25, 0.3) is 0 Å². The van der Waals surface area contributed by atoms with E-state index < -0.39 is 11.6 Å². The lowest BCUT2D eigenvalue weighted by Gasteiger charge is -2.24. The van der Waals surface area contributed by atoms with Crippen molar-refractivity contribution >= 4 is 12.2 Å². The lowest BCUT2D eigenvalue weighted by Crippen LogP contribution is -2.32. The van der Waals surface area contributed by atoms with Crippen LogP contribution in [-0.2, 0) is 9.59 Å². The minimum absolute atomic E-state index is 0.156. The van der Waals surface area contributed by atoms with Gasteiger partial charge in [0, 0.05) is 5.41 Å². The maximum absolute atomic E-state index is 10.0. The summed E-state index contributed by atoms with van der Waals surface area (Å²) in [4.78, 5) is 26.9. The van der Waals surface area contributed by atoms with Gasteiger partial charge in [-0.25, -0.2) is 9.59 Å². The number of benzene rings is 1. The van der Waals surface area contributed by atoms with Gasteiger partial charge in [-0.3, -0.25) is 0 Å². The van der Waals surface area contributed by atoms with Crippen molar-refractivity contribution in [3.63, 3.8) is 0 Å². The molecule has 1 aromatic rings. The molecule has 0 spiro atoms. The topological polar surface area (TPSA) is 120 Å². The smallest absolute Gasteiger partial charge is 0.237 e. The first-order valence-corrected chi connectivity index (χ1v) is 7.05. The van der Waals surface area contributed by atoms with Crippen molar-refractivity contribution in [2.45, 2.75) is 26.4 Å². The van der Waals surface area contributed by atoms with E-state index in [1.54, 1.807) is 12.1 Å². The number of aryl methyl sites for hydroxylation is 1. The fraction of sp³-hybridized carbons (Fsp3) is 0.500. The third-order valence-corrected chi connectivity index (χ3v) is 3.48. The van der Waals surface area contributed by atoms with Crippen molar-refractivity contribution in [1.29, 1.82) is 0 Å². The van der Waals surface area contributed by atoms with Gasteiger partial charge in [0.15, 0.2) is 6.17 Å². The maximum Gasteiger partial charge on any atom is 0.237 e. The van der Waals surface area contributed by atoms with E-state index in [2.05, 4.69) is 9.98 Å².